The van der Waals surface area contributed by atoms with Gasteiger partial charge in [-0.1, -0.05) is 59.1 Å². The average Bonchev–Trinajstić information content (AvgIpc) is 3.59. The first-order chi connectivity index (χ1) is 15.9. The number of nitrogens with zero attached hydrogens (tertiary/aromatic N) is 3. The van der Waals surface area contributed by atoms with E-state index in [-0.39, 0.29) is 17.7 Å². The monoisotopic (exact) mass is 540 g/mol. The van der Waals surface area contributed by atoms with Crippen LogP contribution in [0.4, 0.5) is 5.69 Å². The normalized spacial score (nSPS) is 22.6. The van der Waals surface area contributed by atoms with E-state index in [1.165, 1.54) is 43.5 Å². The maximum absolute atomic E-state index is 12.7. The summed E-state index contributed by atoms with van der Waals surface area (Å²) in [6.07, 6.45) is 5.31. The second kappa shape index (κ2) is 9.78. The third kappa shape index (κ3) is 4.80. The lowest BCUT2D eigenvalue weighted by molar-refractivity contribution is -0.113. The van der Waals surface area contributed by atoms with E-state index in [4.69, 9.17) is 34.8 Å². The van der Waals surface area contributed by atoms with Crippen LogP contribution < -0.4 is 5.32 Å². The predicted octanol–water partition coefficient (Wildman–Crippen LogP) is 7.69. The van der Waals surface area contributed by atoms with Crippen LogP contribution in [0.3, 0.4) is 0 Å². The molecule has 0 aliphatic heterocycles. The topological polar surface area (TPSA) is 59.8 Å². The third-order valence-electron chi connectivity index (χ3n) is 6.84. The van der Waals surface area contributed by atoms with E-state index >= 15 is 0 Å². The number of carbonyl (C=O) groups is 1. The molecule has 2 heterocycles. The maximum Gasteiger partial charge on any atom is 0.234 e. The molecule has 0 saturated heterocycles. The van der Waals surface area contributed by atoms with Gasteiger partial charge in [0.15, 0.2) is 11.0 Å². The standard InChI is InChI=1S/C23H23Cl3N4OS2/c1-12(15-8-13-4-5-14(15)7-13)30-22(20-3-2-6-32-20)28-29-23(30)33-11-21(31)27-19-10-17(25)16(24)9-18(19)26/h2-3,6,9-10,12-15H,4-5,7-8,11H2,1H3,(H,27,31). The maximum atomic E-state index is 12.7. The SMILES string of the molecule is CC(C1CC2CCC1C2)n1c(SCC(=O)Nc2cc(Cl)c(Cl)cc2Cl)nnc1-c1cccs1. The molecule has 4 unspecified atom stereocenters. The fraction of sp³-hybridized carbons (Fsp3) is 0.435. The van der Waals surface area contributed by atoms with Gasteiger partial charge in [0, 0.05) is 6.04 Å². The number of carbonyl (C=O) groups excluding carboxylic acids is 1. The van der Waals surface area contributed by atoms with Crippen molar-refractivity contribution >= 4 is 69.5 Å². The first-order valence-corrected chi connectivity index (χ1v) is 14.0. The number of thioether (sulfide) groups is 1. The summed E-state index contributed by atoms with van der Waals surface area (Å²) in [4.78, 5) is 13.8. The van der Waals surface area contributed by atoms with Gasteiger partial charge >= 0.3 is 0 Å². The Morgan fingerprint density at radius 1 is 1.21 bits per heavy atom. The van der Waals surface area contributed by atoms with E-state index < -0.39 is 0 Å². The Hall–Kier alpha value is -1.25. The van der Waals surface area contributed by atoms with Crippen LogP contribution in [0, 0.1) is 17.8 Å². The van der Waals surface area contributed by atoms with E-state index in [0.717, 1.165) is 27.7 Å². The van der Waals surface area contributed by atoms with Crippen molar-refractivity contribution in [2.75, 3.05) is 11.1 Å². The van der Waals surface area contributed by atoms with Gasteiger partial charge in [0.2, 0.25) is 5.91 Å². The van der Waals surface area contributed by atoms with Crippen molar-refractivity contribution in [1.82, 2.24) is 14.8 Å². The molecule has 2 saturated carbocycles. The summed E-state index contributed by atoms with van der Waals surface area (Å²) in [5, 5.41) is 15.7. The van der Waals surface area contributed by atoms with Crippen LogP contribution in [0.5, 0.6) is 0 Å². The summed E-state index contributed by atoms with van der Waals surface area (Å²) < 4.78 is 2.25. The first kappa shape index (κ1) is 23.5. The van der Waals surface area contributed by atoms with E-state index in [9.17, 15) is 4.79 Å². The van der Waals surface area contributed by atoms with Crippen LogP contribution in [0.15, 0.2) is 34.8 Å². The highest BCUT2D eigenvalue weighted by Gasteiger charge is 2.43. The van der Waals surface area contributed by atoms with Crippen LogP contribution in [0.2, 0.25) is 15.1 Å². The molecule has 2 aliphatic rings. The summed E-state index contributed by atoms with van der Waals surface area (Å²) >= 11 is 21.3. The second-order valence-corrected chi connectivity index (χ2v) is 11.9. The molecule has 1 aromatic carbocycles. The van der Waals surface area contributed by atoms with Crippen LogP contribution in [0.1, 0.15) is 38.6 Å². The summed E-state index contributed by atoms with van der Waals surface area (Å²) in [6, 6.07) is 7.47. The van der Waals surface area contributed by atoms with E-state index in [2.05, 4.69) is 38.5 Å². The number of rotatable bonds is 7. The molecule has 5 rings (SSSR count). The van der Waals surface area contributed by atoms with E-state index in [0.29, 0.717) is 26.7 Å². The van der Waals surface area contributed by atoms with E-state index in [1.807, 2.05) is 6.07 Å². The van der Waals surface area contributed by atoms with Gasteiger partial charge in [-0.3, -0.25) is 9.36 Å². The summed E-state index contributed by atoms with van der Waals surface area (Å²) in [5.41, 5.74) is 0.438. The number of hydrogen-bond donors (Lipinski definition) is 1. The molecule has 33 heavy (non-hydrogen) atoms. The Kier molecular flexibility index (Phi) is 6.96. The van der Waals surface area contributed by atoms with Crippen molar-refractivity contribution in [1.29, 1.82) is 0 Å². The van der Waals surface area contributed by atoms with Gasteiger partial charge in [-0.05, 0) is 67.5 Å². The molecule has 2 aromatic heterocycles. The number of hydrogen-bond acceptors (Lipinski definition) is 5. The minimum absolute atomic E-state index is 0.183. The van der Waals surface area contributed by atoms with Gasteiger partial charge in [0.25, 0.3) is 0 Å². The van der Waals surface area contributed by atoms with Crippen LogP contribution in [-0.4, -0.2) is 26.4 Å². The highest BCUT2D eigenvalue weighted by molar-refractivity contribution is 7.99. The molecule has 174 valence electrons. The minimum Gasteiger partial charge on any atom is -0.324 e. The number of fused-ring (bicyclic) bond motifs is 2. The lowest BCUT2D eigenvalue weighted by atomic mass is 9.84. The van der Waals surface area contributed by atoms with Gasteiger partial charge in [0.05, 0.1) is 31.4 Å². The first-order valence-electron chi connectivity index (χ1n) is 11.0. The number of aromatic nitrogens is 3. The Labute approximate surface area is 216 Å². The zero-order valence-electron chi connectivity index (χ0n) is 17.9. The van der Waals surface area contributed by atoms with Gasteiger partial charge in [-0.2, -0.15) is 0 Å². The van der Waals surface area contributed by atoms with Crippen molar-refractivity contribution < 1.29 is 4.79 Å². The van der Waals surface area contributed by atoms with Crippen LogP contribution in [-0.2, 0) is 4.79 Å². The number of amides is 1. The molecule has 10 heteroatoms. The second-order valence-electron chi connectivity index (χ2n) is 8.82. The molecule has 2 aliphatic carbocycles. The Morgan fingerprint density at radius 3 is 2.73 bits per heavy atom. The number of benzene rings is 1. The summed E-state index contributed by atoms with van der Waals surface area (Å²) in [5.74, 6) is 3.14. The molecule has 0 radical (unpaired) electrons. The van der Waals surface area contributed by atoms with Gasteiger partial charge in [-0.25, -0.2) is 0 Å². The van der Waals surface area contributed by atoms with Crippen molar-refractivity contribution in [2.24, 2.45) is 17.8 Å². The molecule has 4 atom stereocenters. The van der Waals surface area contributed by atoms with Crippen molar-refractivity contribution in [2.45, 2.75) is 43.8 Å². The van der Waals surface area contributed by atoms with Crippen molar-refractivity contribution in [3.05, 3.63) is 44.7 Å². The number of anilines is 1. The molecule has 1 amide bonds. The smallest absolute Gasteiger partial charge is 0.234 e. The quantitative estimate of drug-likeness (QED) is 0.246. The minimum atomic E-state index is -0.194. The summed E-state index contributed by atoms with van der Waals surface area (Å²) in [7, 11) is 0. The zero-order chi connectivity index (χ0) is 23.1. The highest BCUT2D eigenvalue weighted by Crippen LogP contribution is 2.53. The molecule has 3 aromatic rings. The molecule has 2 bridgehead atoms. The predicted molar refractivity (Wildman–Crippen MR) is 138 cm³/mol. The van der Waals surface area contributed by atoms with Gasteiger partial charge in [0.1, 0.15) is 0 Å². The third-order valence-corrected chi connectivity index (χ3v) is 9.69. The van der Waals surface area contributed by atoms with Crippen LogP contribution in [0.25, 0.3) is 10.7 Å². The number of thiophene rings is 1. The average molecular weight is 542 g/mol. The molecule has 2 fully saturated rings. The Bertz CT molecular complexity index is 1170. The fourth-order valence-electron chi connectivity index (χ4n) is 5.33. The Balaban J connectivity index is 1.35. The summed E-state index contributed by atoms with van der Waals surface area (Å²) in [6.45, 7) is 2.28. The van der Waals surface area contributed by atoms with Gasteiger partial charge in [-0.15, -0.1) is 21.5 Å². The molecule has 5 nitrogen and oxygen atoms in total. The number of halogens is 3. The molecular formula is C23H23Cl3N4OS2. The van der Waals surface area contributed by atoms with Crippen LogP contribution >= 0.6 is 57.9 Å². The molecular weight excluding hydrogens is 519 g/mol. The molecule has 1 N–H and O–H groups in total. The lowest BCUT2D eigenvalue weighted by Crippen LogP contribution is -2.23. The van der Waals surface area contributed by atoms with E-state index in [1.54, 1.807) is 17.4 Å². The van der Waals surface area contributed by atoms with Crippen molar-refractivity contribution in [3.8, 4) is 10.7 Å². The number of nitrogens with one attached hydrogen (secondary N) is 1. The van der Waals surface area contributed by atoms with Crippen molar-refractivity contribution in [3.63, 3.8) is 0 Å². The fourth-order valence-corrected chi connectivity index (χ4v) is 7.45. The molecule has 0 spiro atoms. The Morgan fingerprint density at radius 2 is 2.03 bits per heavy atom. The highest BCUT2D eigenvalue weighted by atomic mass is 35.5. The zero-order valence-corrected chi connectivity index (χ0v) is 21.8. The largest absolute Gasteiger partial charge is 0.324 e. The van der Waals surface area contributed by atoms with Gasteiger partial charge < -0.3 is 5.32 Å². The lowest BCUT2D eigenvalue weighted by Gasteiger charge is -2.30.